The largest absolute Gasteiger partial charge is 0.348 e. The summed E-state index contributed by atoms with van der Waals surface area (Å²) in [7, 11) is -3.07. The first-order valence-electron chi connectivity index (χ1n) is 7.10. The number of benzene rings is 1. The van der Waals surface area contributed by atoms with Crippen molar-refractivity contribution in [2.75, 3.05) is 11.5 Å². The molecule has 1 aliphatic rings. The number of amides is 1. The lowest BCUT2D eigenvalue weighted by Crippen LogP contribution is -2.35. The van der Waals surface area contributed by atoms with Gasteiger partial charge < -0.3 is 5.32 Å². The van der Waals surface area contributed by atoms with Crippen molar-refractivity contribution < 1.29 is 18.0 Å². The van der Waals surface area contributed by atoms with Gasteiger partial charge in [0, 0.05) is 29.6 Å². The summed E-state index contributed by atoms with van der Waals surface area (Å²) in [6, 6.07) is 4.55. The highest BCUT2D eigenvalue weighted by atomic mass is 35.5. The number of carbonyl (C=O) groups is 2. The molecular weight excluding hydrogens is 340 g/mol. The normalized spacial score (nSPS) is 19.8. The molecular formula is C15H15ClN2O4S. The van der Waals surface area contributed by atoms with Crippen molar-refractivity contribution in [2.45, 2.75) is 19.4 Å². The van der Waals surface area contributed by atoms with Crippen molar-refractivity contribution in [3.8, 4) is 0 Å². The lowest BCUT2D eigenvalue weighted by molar-refractivity contribution is 0.0941. The zero-order valence-corrected chi connectivity index (χ0v) is 13.9. The number of sulfone groups is 1. The molecule has 1 saturated heterocycles. The number of hydrogen-bond donors (Lipinski definition) is 1. The Morgan fingerprint density at radius 1 is 1.35 bits per heavy atom. The Bertz CT molecular complexity index is 917. The molecule has 0 spiro atoms. The third-order valence-corrected chi connectivity index (χ3v) is 5.92. The molecule has 1 aromatic carbocycles. The summed E-state index contributed by atoms with van der Waals surface area (Å²) < 4.78 is 24.3. The first-order valence-corrected chi connectivity index (χ1v) is 9.29. The third-order valence-electron chi connectivity index (χ3n) is 3.92. The second-order valence-electron chi connectivity index (χ2n) is 5.67. The highest BCUT2D eigenvalue weighted by molar-refractivity contribution is 7.91. The monoisotopic (exact) mass is 354 g/mol. The van der Waals surface area contributed by atoms with Crippen molar-refractivity contribution in [1.82, 2.24) is 9.88 Å². The Kier molecular flexibility index (Phi) is 3.93. The van der Waals surface area contributed by atoms with E-state index in [0.717, 1.165) is 0 Å². The number of rotatable bonds is 2. The van der Waals surface area contributed by atoms with E-state index < -0.39 is 15.9 Å². The van der Waals surface area contributed by atoms with Crippen molar-refractivity contribution in [3.05, 3.63) is 35.0 Å². The molecule has 1 aromatic heterocycles. The van der Waals surface area contributed by atoms with Crippen molar-refractivity contribution >= 4 is 44.2 Å². The van der Waals surface area contributed by atoms with E-state index in [1.807, 2.05) is 0 Å². The molecule has 2 aromatic rings. The molecule has 0 aliphatic carbocycles. The summed E-state index contributed by atoms with van der Waals surface area (Å²) in [5.41, 5.74) is 0.880. The van der Waals surface area contributed by atoms with Crippen LogP contribution >= 0.6 is 11.6 Å². The minimum Gasteiger partial charge on any atom is -0.348 e. The standard InChI is InChI=1S/C15H15ClN2O4S/c1-9(19)18-7-13(12-3-2-10(16)6-14(12)18)15(20)17-11-4-5-23(21,22)8-11/h2-3,6-7,11H,4-5,8H2,1H3,(H,17,20). The molecule has 6 nitrogen and oxygen atoms in total. The first kappa shape index (κ1) is 16.0. The molecule has 0 saturated carbocycles. The Hall–Kier alpha value is -1.86. The smallest absolute Gasteiger partial charge is 0.253 e. The average Bonchev–Trinajstić information content (AvgIpc) is 2.98. The molecule has 0 bridgehead atoms. The van der Waals surface area contributed by atoms with Gasteiger partial charge in [-0.05, 0) is 18.6 Å². The number of fused-ring (bicyclic) bond motifs is 1. The lowest BCUT2D eigenvalue weighted by Gasteiger charge is -2.10. The fourth-order valence-corrected chi connectivity index (χ4v) is 4.65. The summed E-state index contributed by atoms with van der Waals surface area (Å²) in [5.74, 6) is -0.585. The van der Waals surface area contributed by atoms with Gasteiger partial charge in [-0.15, -0.1) is 0 Å². The van der Waals surface area contributed by atoms with Crippen LogP contribution in [-0.2, 0) is 9.84 Å². The molecule has 1 aliphatic heterocycles. The molecule has 23 heavy (non-hydrogen) atoms. The van der Waals surface area contributed by atoms with E-state index in [4.69, 9.17) is 11.6 Å². The van der Waals surface area contributed by atoms with Crippen LogP contribution in [0.4, 0.5) is 0 Å². The summed E-state index contributed by atoms with van der Waals surface area (Å²) in [5, 5.41) is 3.80. The molecule has 1 N–H and O–H groups in total. The summed E-state index contributed by atoms with van der Waals surface area (Å²) in [4.78, 5) is 24.2. The SMILES string of the molecule is CC(=O)n1cc(C(=O)NC2CCS(=O)(=O)C2)c2ccc(Cl)cc21. The number of aromatic nitrogens is 1. The minimum absolute atomic E-state index is 0.0457. The van der Waals surface area contributed by atoms with Crippen LogP contribution in [0.2, 0.25) is 5.02 Å². The first-order chi connectivity index (χ1) is 10.8. The number of halogens is 1. The zero-order valence-electron chi connectivity index (χ0n) is 12.4. The van der Waals surface area contributed by atoms with E-state index in [2.05, 4.69) is 5.32 Å². The van der Waals surface area contributed by atoms with Crippen LogP contribution in [-0.4, -0.2) is 42.3 Å². The van der Waals surface area contributed by atoms with Crippen molar-refractivity contribution in [1.29, 1.82) is 0 Å². The van der Waals surface area contributed by atoms with Gasteiger partial charge in [0.15, 0.2) is 9.84 Å². The molecule has 0 radical (unpaired) electrons. The predicted octanol–water partition coefficient (Wildman–Crippen LogP) is 1.87. The summed E-state index contributed by atoms with van der Waals surface area (Å²) >= 11 is 5.96. The lowest BCUT2D eigenvalue weighted by atomic mass is 10.1. The van der Waals surface area contributed by atoms with Crippen LogP contribution in [0.1, 0.15) is 28.5 Å². The fourth-order valence-electron chi connectivity index (χ4n) is 2.81. The van der Waals surface area contributed by atoms with Gasteiger partial charge in [-0.3, -0.25) is 14.2 Å². The molecule has 3 rings (SSSR count). The average molecular weight is 355 g/mol. The number of carbonyl (C=O) groups excluding carboxylic acids is 2. The van der Waals surface area contributed by atoms with Crippen LogP contribution in [0.5, 0.6) is 0 Å². The molecule has 1 fully saturated rings. The second kappa shape index (κ2) is 5.65. The Morgan fingerprint density at radius 2 is 2.09 bits per heavy atom. The maximum absolute atomic E-state index is 12.5. The van der Waals surface area contributed by atoms with Gasteiger partial charge in [-0.2, -0.15) is 0 Å². The molecule has 1 amide bonds. The summed E-state index contributed by atoms with van der Waals surface area (Å²) in [6.45, 7) is 1.39. The zero-order chi connectivity index (χ0) is 16.8. The van der Waals surface area contributed by atoms with Crippen molar-refractivity contribution in [2.24, 2.45) is 0 Å². The molecule has 122 valence electrons. The second-order valence-corrected chi connectivity index (χ2v) is 8.33. The van der Waals surface area contributed by atoms with Crippen LogP contribution in [0.25, 0.3) is 10.9 Å². The number of nitrogens with zero attached hydrogens (tertiary/aromatic N) is 1. The Balaban J connectivity index is 1.96. The minimum atomic E-state index is -3.07. The van der Waals surface area contributed by atoms with E-state index in [0.29, 0.717) is 27.9 Å². The number of hydrogen-bond acceptors (Lipinski definition) is 4. The van der Waals surface area contributed by atoms with Crippen LogP contribution in [0, 0.1) is 0 Å². The molecule has 1 atom stereocenters. The maximum atomic E-state index is 12.5. The van der Waals surface area contributed by atoms with Crippen LogP contribution in [0.3, 0.4) is 0 Å². The van der Waals surface area contributed by atoms with Crippen LogP contribution in [0.15, 0.2) is 24.4 Å². The van der Waals surface area contributed by atoms with Crippen molar-refractivity contribution in [3.63, 3.8) is 0 Å². The Morgan fingerprint density at radius 3 is 2.70 bits per heavy atom. The fraction of sp³-hybridized carbons (Fsp3) is 0.333. The molecule has 1 unspecified atom stereocenters. The quantitative estimate of drug-likeness (QED) is 0.892. The summed E-state index contributed by atoms with van der Waals surface area (Å²) in [6.07, 6.45) is 1.87. The van der Waals surface area contributed by atoms with Gasteiger partial charge in [-0.25, -0.2) is 8.42 Å². The van der Waals surface area contributed by atoms with E-state index in [-0.39, 0.29) is 23.3 Å². The van der Waals surface area contributed by atoms with Crippen LogP contribution < -0.4 is 5.32 Å². The molecule has 2 heterocycles. The highest BCUT2D eigenvalue weighted by Gasteiger charge is 2.30. The number of nitrogens with one attached hydrogen (secondary N) is 1. The van der Waals surface area contributed by atoms with E-state index >= 15 is 0 Å². The van der Waals surface area contributed by atoms with Gasteiger partial charge in [0.1, 0.15) is 0 Å². The van der Waals surface area contributed by atoms with E-state index in [1.165, 1.54) is 17.7 Å². The topological polar surface area (TPSA) is 85.2 Å². The Labute approximate surface area is 138 Å². The predicted molar refractivity (Wildman–Crippen MR) is 87.8 cm³/mol. The third kappa shape index (κ3) is 3.11. The highest BCUT2D eigenvalue weighted by Crippen LogP contribution is 2.25. The van der Waals surface area contributed by atoms with Gasteiger partial charge in [-0.1, -0.05) is 17.7 Å². The van der Waals surface area contributed by atoms with Gasteiger partial charge in [0.05, 0.1) is 22.6 Å². The van der Waals surface area contributed by atoms with Gasteiger partial charge >= 0.3 is 0 Å². The van der Waals surface area contributed by atoms with E-state index in [9.17, 15) is 18.0 Å². The maximum Gasteiger partial charge on any atom is 0.253 e. The van der Waals surface area contributed by atoms with E-state index in [1.54, 1.807) is 18.2 Å². The van der Waals surface area contributed by atoms with Gasteiger partial charge in [0.2, 0.25) is 5.91 Å². The van der Waals surface area contributed by atoms with Gasteiger partial charge in [0.25, 0.3) is 5.91 Å². The molecule has 8 heteroatoms.